The summed E-state index contributed by atoms with van der Waals surface area (Å²) in [6.45, 7) is 10.2. The molecule has 1 heterocycles. The van der Waals surface area contributed by atoms with E-state index in [0.717, 1.165) is 31.9 Å². The first-order valence-corrected chi connectivity index (χ1v) is 7.47. The van der Waals surface area contributed by atoms with Crippen molar-refractivity contribution in [1.29, 1.82) is 0 Å². The van der Waals surface area contributed by atoms with Gasteiger partial charge in [0.2, 0.25) is 5.91 Å². The van der Waals surface area contributed by atoms with E-state index >= 15 is 0 Å². The van der Waals surface area contributed by atoms with Crippen molar-refractivity contribution in [2.75, 3.05) is 43.4 Å². The molecule has 1 aliphatic rings. The van der Waals surface area contributed by atoms with Crippen LogP contribution < -0.4 is 16.0 Å². The van der Waals surface area contributed by atoms with Crippen LogP contribution >= 0.6 is 0 Å². The molecular weight excluding hydrogens is 264 g/mol. The number of benzene rings is 1. The zero-order valence-corrected chi connectivity index (χ0v) is 13.2. The number of nitrogens with one attached hydrogen (secondary N) is 1. The average molecular weight is 290 g/mol. The van der Waals surface area contributed by atoms with Crippen molar-refractivity contribution in [2.24, 2.45) is 0 Å². The fourth-order valence-corrected chi connectivity index (χ4v) is 2.51. The number of anilines is 2. The first-order valence-electron chi connectivity index (χ1n) is 7.47. The van der Waals surface area contributed by atoms with Gasteiger partial charge in [-0.1, -0.05) is 0 Å². The van der Waals surface area contributed by atoms with Gasteiger partial charge >= 0.3 is 0 Å². The van der Waals surface area contributed by atoms with Gasteiger partial charge < -0.3 is 16.0 Å². The predicted octanol–water partition coefficient (Wildman–Crippen LogP) is 1.31. The summed E-state index contributed by atoms with van der Waals surface area (Å²) in [5, 5.41) is 3.01. The van der Waals surface area contributed by atoms with E-state index in [1.165, 1.54) is 5.69 Å². The summed E-state index contributed by atoms with van der Waals surface area (Å²) in [5.74, 6) is 0.100. The van der Waals surface area contributed by atoms with E-state index in [-0.39, 0.29) is 11.4 Å². The number of nitrogen functional groups attached to an aromatic ring is 1. The molecule has 0 spiro atoms. The van der Waals surface area contributed by atoms with Gasteiger partial charge in [0.15, 0.2) is 0 Å². The summed E-state index contributed by atoms with van der Waals surface area (Å²) in [7, 11) is 0. The summed E-state index contributed by atoms with van der Waals surface area (Å²) < 4.78 is 0. The molecule has 1 aromatic rings. The van der Waals surface area contributed by atoms with Crippen LogP contribution in [0.1, 0.15) is 20.8 Å². The van der Waals surface area contributed by atoms with Crippen LogP contribution in [-0.4, -0.2) is 49.1 Å². The normalized spacial score (nSPS) is 16.8. The molecule has 5 nitrogen and oxygen atoms in total. The maximum absolute atomic E-state index is 11.9. The van der Waals surface area contributed by atoms with Gasteiger partial charge in [-0.05, 0) is 45.0 Å². The molecule has 0 unspecified atom stereocenters. The van der Waals surface area contributed by atoms with Crippen LogP contribution in [0.15, 0.2) is 24.3 Å². The van der Waals surface area contributed by atoms with Crippen molar-refractivity contribution in [3.05, 3.63) is 24.3 Å². The molecule has 0 aromatic heterocycles. The Morgan fingerprint density at radius 1 is 1.14 bits per heavy atom. The predicted molar refractivity (Wildman–Crippen MR) is 87.4 cm³/mol. The lowest BCUT2D eigenvalue weighted by Crippen LogP contribution is -2.51. The van der Waals surface area contributed by atoms with Gasteiger partial charge in [0.25, 0.3) is 0 Å². The molecule has 0 saturated carbocycles. The van der Waals surface area contributed by atoms with Gasteiger partial charge in [-0.2, -0.15) is 0 Å². The summed E-state index contributed by atoms with van der Waals surface area (Å²) in [4.78, 5) is 16.5. The lowest BCUT2D eigenvalue weighted by atomic mass is 10.1. The van der Waals surface area contributed by atoms with Gasteiger partial charge in [-0.25, -0.2) is 0 Å². The van der Waals surface area contributed by atoms with E-state index in [1.807, 2.05) is 32.9 Å². The third kappa shape index (κ3) is 4.93. The molecule has 1 saturated heterocycles. The van der Waals surface area contributed by atoms with Crippen LogP contribution in [0.5, 0.6) is 0 Å². The average Bonchev–Trinajstić information content (AvgIpc) is 2.38. The molecule has 3 N–H and O–H groups in total. The van der Waals surface area contributed by atoms with E-state index in [1.54, 1.807) is 0 Å². The summed E-state index contributed by atoms with van der Waals surface area (Å²) >= 11 is 0. The fourth-order valence-electron chi connectivity index (χ4n) is 2.51. The molecule has 0 bridgehead atoms. The summed E-state index contributed by atoms with van der Waals surface area (Å²) in [6, 6.07) is 7.96. The zero-order chi connectivity index (χ0) is 15.5. The monoisotopic (exact) mass is 290 g/mol. The first kappa shape index (κ1) is 15.6. The largest absolute Gasteiger partial charge is 0.399 e. The molecule has 116 valence electrons. The van der Waals surface area contributed by atoms with E-state index in [2.05, 4.69) is 27.2 Å². The SMILES string of the molecule is CC(C)(C)NC(=O)CN1CCN(c2ccc(N)cc2)CC1. The smallest absolute Gasteiger partial charge is 0.234 e. The van der Waals surface area contributed by atoms with Gasteiger partial charge in [0.05, 0.1) is 6.54 Å². The third-order valence-electron chi connectivity index (χ3n) is 3.51. The number of carbonyl (C=O) groups is 1. The number of carbonyl (C=O) groups excluding carboxylic acids is 1. The molecule has 21 heavy (non-hydrogen) atoms. The van der Waals surface area contributed by atoms with Gasteiger partial charge in [0.1, 0.15) is 0 Å². The van der Waals surface area contributed by atoms with E-state index < -0.39 is 0 Å². The van der Waals surface area contributed by atoms with Crippen LogP contribution in [0.2, 0.25) is 0 Å². The van der Waals surface area contributed by atoms with Crippen LogP contribution in [0.4, 0.5) is 11.4 Å². The first-order chi connectivity index (χ1) is 9.83. The number of piperazine rings is 1. The highest BCUT2D eigenvalue weighted by Crippen LogP contribution is 2.18. The van der Waals surface area contributed by atoms with Crippen LogP contribution in [0, 0.1) is 0 Å². The number of hydrogen-bond donors (Lipinski definition) is 2. The lowest BCUT2D eigenvalue weighted by Gasteiger charge is -2.36. The quantitative estimate of drug-likeness (QED) is 0.824. The molecule has 1 fully saturated rings. The van der Waals surface area contributed by atoms with Crippen LogP contribution in [-0.2, 0) is 4.79 Å². The molecule has 1 aromatic carbocycles. The fraction of sp³-hybridized carbons (Fsp3) is 0.562. The molecule has 5 heteroatoms. The Morgan fingerprint density at radius 2 is 1.71 bits per heavy atom. The van der Waals surface area contributed by atoms with Crippen molar-refractivity contribution in [1.82, 2.24) is 10.2 Å². The number of nitrogens with two attached hydrogens (primary N) is 1. The van der Waals surface area contributed by atoms with Crippen LogP contribution in [0.25, 0.3) is 0 Å². The Kier molecular flexibility index (Phi) is 4.73. The highest BCUT2D eigenvalue weighted by Gasteiger charge is 2.21. The highest BCUT2D eigenvalue weighted by molar-refractivity contribution is 5.78. The van der Waals surface area contributed by atoms with Gasteiger partial charge in [-0.3, -0.25) is 9.69 Å². The Morgan fingerprint density at radius 3 is 2.24 bits per heavy atom. The van der Waals surface area contributed by atoms with Gasteiger partial charge in [-0.15, -0.1) is 0 Å². The lowest BCUT2D eigenvalue weighted by molar-refractivity contribution is -0.123. The van der Waals surface area contributed by atoms with E-state index in [9.17, 15) is 4.79 Å². The molecule has 0 aliphatic carbocycles. The van der Waals surface area contributed by atoms with Gasteiger partial charge in [0, 0.05) is 43.1 Å². The maximum atomic E-state index is 11.9. The van der Waals surface area contributed by atoms with E-state index in [4.69, 9.17) is 5.73 Å². The molecule has 0 radical (unpaired) electrons. The Bertz CT molecular complexity index is 470. The number of nitrogens with zero attached hydrogens (tertiary/aromatic N) is 2. The summed E-state index contributed by atoms with van der Waals surface area (Å²) in [6.07, 6.45) is 0. The molecule has 1 aliphatic heterocycles. The molecular formula is C16H26N4O. The van der Waals surface area contributed by atoms with Crippen molar-refractivity contribution < 1.29 is 4.79 Å². The Labute approximate surface area is 127 Å². The number of rotatable bonds is 3. The second-order valence-electron chi connectivity index (χ2n) is 6.65. The second-order valence-corrected chi connectivity index (χ2v) is 6.65. The number of amides is 1. The van der Waals surface area contributed by atoms with Crippen LogP contribution in [0.3, 0.4) is 0 Å². The minimum Gasteiger partial charge on any atom is -0.399 e. The highest BCUT2D eigenvalue weighted by atomic mass is 16.2. The molecule has 2 rings (SSSR count). The standard InChI is InChI=1S/C16H26N4O/c1-16(2,3)18-15(21)12-19-8-10-20(11-9-19)14-6-4-13(17)5-7-14/h4-7H,8-12,17H2,1-3H3,(H,18,21). The number of hydrogen-bond acceptors (Lipinski definition) is 4. The third-order valence-corrected chi connectivity index (χ3v) is 3.51. The summed E-state index contributed by atoms with van der Waals surface area (Å²) in [5.41, 5.74) is 7.53. The van der Waals surface area contributed by atoms with Crippen molar-refractivity contribution in [3.63, 3.8) is 0 Å². The Balaban J connectivity index is 1.80. The minimum absolute atomic E-state index is 0.100. The zero-order valence-electron chi connectivity index (χ0n) is 13.2. The second kappa shape index (κ2) is 6.35. The van der Waals surface area contributed by atoms with Crippen molar-refractivity contribution in [2.45, 2.75) is 26.3 Å². The molecule has 0 atom stereocenters. The van der Waals surface area contributed by atoms with Crippen molar-refractivity contribution in [3.8, 4) is 0 Å². The maximum Gasteiger partial charge on any atom is 0.234 e. The Hall–Kier alpha value is -1.75. The molecule has 1 amide bonds. The minimum atomic E-state index is -0.164. The topological polar surface area (TPSA) is 61.6 Å². The van der Waals surface area contributed by atoms with E-state index in [0.29, 0.717) is 6.54 Å². The van der Waals surface area contributed by atoms with Crippen molar-refractivity contribution >= 4 is 17.3 Å².